The molecule has 0 saturated heterocycles. The van der Waals surface area contributed by atoms with Gasteiger partial charge in [0.25, 0.3) is 0 Å². The molecule has 1 heterocycles. The lowest BCUT2D eigenvalue weighted by Crippen LogP contribution is -2.28. The SMILES string of the molecule is CCCC(O)(Cc1nccs1)c1ccccc1. The van der Waals surface area contributed by atoms with Crippen LogP contribution >= 0.6 is 11.3 Å². The molecule has 0 amide bonds. The second-order valence-corrected chi connectivity index (χ2v) is 5.23. The van der Waals surface area contributed by atoms with Gasteiger partial charge in [0.2, 0.25) is 0 Å². The molecule has 1 unspecified atom stereocenters. The molecule has 0 aliphatic heterocycles. The maximum Gasteiger partial charge on any atom is 0.0959 e. The van der Waals surface area contributed by atoms with E-state index in [1.165, 1.54) is 0 Å². The van der Waals surface area contributed by atoms with E-state index in [1.54, 1.807) is 17.5 Å². The fraction of sp³-hybridized carbons (Fsp3) is 0.357. The smallest absolute Gasteiger partial charge is 0.0959 e. The summed E-state index contributed by atoms with van der Waals surface area (Å²) in [6.45, 7) is 2.09. The fourth-order valence-electron chi connectivity index (χ4n) is 2.09. The molecule has 3 heteroatoms. The van der Waals surface area contributed by atoms with Gasteiger partial charge < -0.3 is 5.11 Å². The lowest BCUT2D eigenvalue weighted by molar-refractivity contribution is 0.0268. The Kier molecular flexibility index (Phi) is 3.92. The molecule has 1 N–H and O–H groups in total. The Bertz CT molecular complexity index is 441. The third-order valence-corrected chi connectivity index (χ3v) is 3.68. The summed E-state index contributed by atoms with van der Waals surface area (Å²) < 4.78 is 0. The number of hydrogen-bond donors (Lipinski definition) is 1. The number of thiazole rings is 1. The van der Waals surface area contributed by atoms with E-state index in [0.29, 0.717) is 6.42 Å². The highest BCUT2D eigenvalue weighted by molar-refractivity contribution is 7.09. The quantitative estimate of drug-likeness (QED) is 0.878. The Morgan fingerprint density at radius 2 is 2.06 bits per heavy atom. The first kappa shape index (κ1) is 12.3. The van der Waals surface area contributed by atoms with E-state index in [-0.39, 0.29) is 0 Å². The first-order valence-electron chi connectivity index (χ1n) is 5.91. The van der Waals surface area contributed by atoms with Gasteiger partial charge in [-0.05, 0) is 12.0 Å². The van der Waals surface area contributed by atoms with E-state index in [2.05, 4.69) is 11.9 Å². The molecule has 1 aromatic carbocycles. The van der Waals surface area contributed by atoms with E-state index >= 15 is 0 Å². The lowest BCUT2D eigenvalue weighted by Gasteiger charge is -2.27. The summed E-state index contributed by atoms with van der Waals surface area (Å²) in [6, 6.07) is 9.89. The average Bonchev–Trinajstić information content (AvgIpc) is 2.83. The van der Waals surface area contributed by atoms with Crippen LogP contribution in [0.25, 0.3) is 0 Å². The van der Waals surface area contributed by atoms with Gasteiger partial charge in [-0.3, -0.25) is 0 Å². The number of aliphatic hydroxyl groups is 1. The highest BCUT2D eigenvalue weighted by Crippen LogP contribution is 2.31. The van der Waals surface area contributed by atoms with Crippen LogP contribution in [0.15, 0.2) is 41.9 Å². The number of hydrogen-bond acceptors (Lipinski definition) is 3. The molecule has 0 spiro atoms. The summed E-state index contributed by atoms with van der Waals surface area (Å²) in [5, 5.41) is 13.8. The number of aromatic nitrogens is 1. The van der Waals surface area contributed by atoms with Crippen molar-refractivity contribution >= 4 is 11.3 Å². The number of nitrogens with zero attached hydrogens (tertiary/aromatic N) is 1. The molecule has 0 fully saturated rings. The van der Waals surface area contributed by atoms with Crippen LogP contribution in [0.1, 0.15) is 30.3 Å². The lowest BCUT2D eigenvalue weighted by atomic mass is 9.86. The van der Waals surface area contributed by atoms with Crippen molar-refractivity contribution in [3.63, 3.8) is 0 Å². The summed E-state index contributed by atoms with van der Waals surface area (Å²) in [4.78, 5) is 4.27. The van der Waals surface area contributed by atoms with Crippen molar-refractivity contribution in [2.45, 2.75) is 31.8 Å². The van der Waals surface area contributed by atoms with Crippen molar-refractivity contribution in [2.75, 3.05) is 0 Å². The molecule has 0 bridgehead atoms. The van der Waals surface area contributed by atoms with Gasteiger partial charge in [-0.15, -0.1) is 11.3 Å². The van der Waals surface area contributed by atoms with Crippen LogP contribution < -0.4 is 0 Å². The van der Waals surface area contributed by atoms with Crippen LogP contribution in [0, 0.1) is 0 Å². The highest BCUT2D eigenvalue weighted by atomic mass is 32.1. The molecule has 1 aromatic heterocycles. The van der Waals surface area contributed by atoms with Crippen LogP contribution in [0.4, 0.5) is 0 Å². The Balaban J connectivity index is 2.26. The molecule has 0 saturated carbocycles. The van der Waals surface area contributed by atoms with Gasteiger partial charge in [-0.25, -0.2) is 4.98 Å². The van der Waals surface area contributed by atoms with E-state index in [4.69, 9.17) is 0 Å². The predicted octanol–water partition coefficient (Wildman–Crippen LogP) is 3.37. The summed E-state index contributed by atoms with van der Waals surface area (Å²) in [5.74, 6) is 0. The van der Waals surface area contributed by atoms with E-state index in [0.717, 1.165) is 23.4 Å². The van der Waals surface area contributed by atoms with Gasteiger partial charge in [0.15, 0.2) is 0 Å². The Morgan fingerprint density at radius 1 is 1.29 bits per heavy atom. The monoisotopic (exact) mass is 247 g/mol. The maximum absolute atomic E-state index is 10.8. The van der Waals surface area contributed by atoms with Crippen LogP contribution in [0.5, 0.6) is 0 Å². The molecule has 2 nitrogen and oxygen atoms in total. The Labute approximate surface area is 106 Å². The third kappa shape index (κ3) is 2.93. The summed E-state index contributed by atoms with van der Waals surface area (Å²) in [6.07, 6.45) is 4.10. The van der Waals surface area contributed by atoms with Gasteiger partial charge in [-0.1, -0.05) is 43.7 Å². The van der Waals surface area contributed by atoms with Gasteiger partial charge in [0, 0.05) is 18.0 Å². The van der Waals surface area contributed by atoms with Crippen LogP contribution in [-0.4, -0.2) is 10.1 Å². The average molecular weight is 247 g/mol. The van der Waals surface area contributed by atoms with E-state index < -0.39 is 5.60 Å². The second-order valence-electron chi connectivity index (χ2n) is 4.25. The van der Waals surface area contributed by atoms with Crippen molar-refractivity contribution < 1.29 is 5.11 Å². The van der Waals surface area contributed by atoms with Crippen molar-refractivity contribution in [2.24, 2.45) is 0 Å². The van der Waals surface area contributed by atoms with Gasteiger partial charge in [0.05, 0.1) is 10.6 Å². The van der Waals surface area contributed by atoms with Gasteiger partial charge in [-0.2, -0.15) is 0 Å². The molecule has 90 valence electrons. The zero-order valence-corrected chi connectivity index (χ0v) is 10.8. The zero-order chi connectivity index (χ0) is 12.1. The molecular weight excluding hydrogens is 230 g/mol. The van der Waals surface area contributed by atoms with Crippen molar-refractivity contribution in [3.8, 4) is 0 Å². The molecule has 0 radical (unpaired) electrons. The van der Waals surface area contributed by atoms with Crippen molar-refractivity contribution in [3.05, 3.63) is 52.5 Å². The summed E-state index contributed by atoms with van der Waals surface area (Å²) >= 11 is 1.60. The zero-order valence-electron chi connectivity index (χ0n) is 9.97. The molecular formula is C14H17NOS. The standard InChI is InChI=1S/C14H17NOS/c1-2-8-14(16,11-13-15-9-10-17-13)12-6-4-3-5-7-12/h3-7,9-10,16H,2,8,11H2,1H3. The van der Waals surface area contributed by atoms with E-state index in [9.17, 15) is 5.11 Å². The predicted molar refractivity (Wildman–Crippen MR) is 71.1 cm³/mol. The molecule has 2 aromatic rings. The summed E-state index contributed by atoms with van der Waals surface area (Å²) in [5.41, 5.74) is 0.200. The fourth-order valence-corrected chi connectivity index (χ4v) is 2.81. The first-order valence-corrected chi connectivity index (χ1v) is 6.79. The van der Waals surface area contributed by atoms with Crippen LogP contribution in [0.3, 0.4) is 0 Å². The van der Waals surface area contributed by atoms with Crippen LogP contribution in [-0.2, 0) is 12.0 Å². The Hall–Kier alpha value is -1.19. The van der Waals surface area contributed by atoms with Crippen molar-refractivity contribution in [1.82, 2.24) is 4.98 Å². The first-order chi connectivity index (χ1) is 8.24. The molecule has 0 aliphatic rings. The molecule has 17 heavy (non-hydrogen) atoms. The minimum absolute atomic E-state index is 0.600. The highest BCUT2D eigenvalue weighted by Gasteiger charge is 2.29. The molecule has 1 atom stereocenters. The minimum atomic E-state index is -0.784. The molecule has 0 aliphatic carbocycles. The largest absolute Gasteiger partial charge is 0.385 e. The maximum atomic E-state index is 10.8. The number of benzene rings is 1. The third-order valence-electron chi connectivity index (χ3n) is 2.90. The van der Waals surface area contributed by atoms with Crippen molar-refractivity contribution in [1.29, 1.82) is 0 Å². The van der Waals surface area contributed by atoms with Gasteiger partial charge in [0.1, 0.15) is 0 Å². The Morgan fingerprint density at radius 3 is 2.65 bits per heavy atom. The van der Waals surface area contributed by atoms with Gasteiger partial charge >= 0.3 is 0 Å². The second kappa shape index (κ2) is 5.43. The normalized spacial score (nSPS) is 14.5. The van der Waals surface area contributed by atoms with Crippen LogP contribution in [0.2, 0.25) is 0 Å². The minimum Gasteiger partial charge on any atom is -0.385 e. The number of rotatable bonds is 5. The molecule has 2 rings (SSSR count). The topological polar surface area (TPSA) is 33.1 Å². The summed E-state index contributed by atoms with van der Waals surface area (Å²) in [7, 11) is 0. The van der Waals surface area contributed by atoms with E-state index in [1.807, 2.05) is 35.7 Å².